The monoisotopic (exact) mass is 319 g/mol. The van der Waals surface area contributed by atoms with Crippen molar-refractivity contribution in [2.45, 2.75) is 20.8 Å². The molecular formula is C19H21N5. The van der Waals surface area contributed by atoms with Gasteiger partial charge in [0.1, 0.15) is 0 Å². The molecule has 0 amide bonds. The van der Waals surface area contributed by atoms with Gasteiger partial charge in [0.25, 0.3) is 5.95 Å². The van der Waals surface area contributed by atoms with Gasteiger partial charge in [-0.3, -0.25) is 0 Å². The number of hydrogen-bond donors (Lipinski definition) is 1. The number of hydrogen-bond acceptors (Lipinski definition) is 5. The Hall–Kier alpha value is -2.95. The first-order valence-electron chi connectivity index (χ1n) is 8.03. The maximum atomic E-state index is 4.62. The molecule has 1 N–H and O–H groups in total. The SMILES string of the molecule is CCN(c1cccc(C)c1)c1nncc(Nc2cccc(C)c2)n1. The van der Waals surface area contributed by atoms with Crippen molar-refractivity contribution in [1.29, 1.82) is 0 Å². The van der Waals surface area contributed by atoms with Gasteiger partial charge in [-0.1, -0.05) is 24.3 Å². The average Bonchev–Trinajstić information content (AvgIpc) is 2.56. The number of aromatic nitrogens is 3. The largest absolute Gasteiger partial charge is 0.339 e. The molecule has 0 aliphatic carbocycles. The van der Waals surface area contributed by atoms with Crippen LogP contribution in [-0.4, -0.2) is 21.7 Å². The summed E-state index contributed by atoms with van der Waals surface area (Å²) in [6.45, 7) is 6.98. The Balaban J connectivity index is 1.88. The highest BCUT2D eigenvalue weighted by Gasteiger charge is 2.12. The van der Waals surface area contributed by atoms with Crippen molar-refractivity contribution in [1.82, 2.24) is 15.2 Å². The molecule has 5 nitrogen and oxygen atoms in total. The van der Waals surface area contributed by atoms with Gasteiger partial charge in [0.2, 0.25) is 0 Å². The first-order valence-corrected chi connectivity index (χ1v) is 8.03. The molecule has 0 saturated heterocycles. The summed E-state index contributed by atoms with van der Waals surface area (Å²) in [7, 11) is 0. The van der Waals surface area contributed by atoms with Gasteiger partial charge >= 0.3 is 0 Å². The van der Waals surface area contributed by atoms with Crippen molar-refractivity contribution in [2.75, 3.05) is 16.8 Å². The number of aryl methyl sites for hydroxylation is 2. The number of rotatable bonds is 5. The van der Waals surface area contributed by atoms with Gasteiger partial charge < -0.3 is 10.2 Å². The highest BCUT2D eigenvalue weighted by molar-refractivity contribution is 5.61. The van der Waals surface area contributed by atoms with Crippen LogP contribution in [0.25, 0.3) is 0 Å². The van der Waals surface area contributed by atoms with Crippen LogP contribution in [0.2, 0.25) is 0 Å². The highest BCUT2D eigenvalue weighted by Crippen LogP contribution is 2.23. The van der Waals surface area contributed by atoms with Crippen molar-refractivity contribution in [3.8, 4) is 0 Å². The number of nitrogens with zero attached hydrogens (tertiary/aromatic N) is 4. The van der Waals surface area contributed by atoms with E-state index in [1.807, 2.05) is 23.1 Å². The lowest BCUT2D eigenvalue weighted by Gasteiger charge is -2.21. The Bertz CT molecular complexity index is 831. The van der Waals surface area contributed by atoms with E-state index in [2.05, 4.69) is 71.6 Å². The van der Waals surface area contributed by atoms with Crippen LogP contribution in [0.15, 0.2) is 54.7 Å². The fraction of sp³-hybridized carbons (Fsp3) is 0.211. The molecule has 0 radical (unpaired) electrons. The van der Waals surface area contributed by atoms with Crippen molar-refractivity contribution < 1.29 is 0 Å². The summed E-state index contributed by atoms with van der Waals surface area (Å²) in [4.78, 5) is 6.66. The lowest BCUT2D eigenvalue weighted by Crippen LogP contribution is -2.19. The lowest BCUT2D eigenvalue weighted by atomic mass is 10.2. The fourth-order valence-corrected chi connectivity index (χ4v) is 2.57. The molecule has 1 aromatic heterocycles. The second kappa shape index (κ2) is 7.08. The Morgan fingerprint density at radius 1 is 1.00 bits per heavy atom. The zero-order chi connectivity index (χ0) is 16.9. The van der Waals surface area contributed by atoms with Gasteiger partial charge in [-0.25, -0.2) is 0 Å². The number of anilines is 4. The Kier molecular flexibility index (Phi) is 4.70. The average molecular weight is 319 g/mol. The lowest BCUT2D eigenvalue weighted by molar-refractivity contribution is 0.886. The maximum Gasteiger partial charge on any atom is 0.251 e. The minimum atomic E-state index is 0.584. The third-order valence-corrected chi connectivity index (χ3v) is 3.71. The molecule has 0 aliphatic heterocycles. The van der Waals surface area contributed by atoms with Crippen molar-refractivity contribution >= 4 is 23.1 Å². The molecule has 0 spiro atoms. The molecule has 3 rings (SSSR count). The molecule has 122 valence electrons. The van der Waals surface area contributed by atoms with Gasteiger partial charge in [-0.2, -0.15) is 10.1 Å². The Labute approximate surface area is 142 Å². The van der Waals surface area contributed by atoms with Crippen LogP contribution in [0, 0.1) is 13.8 Å². The summed E-state index contributed by atoms with van der Waals surface area (Å²) in [5.74, 6) is 1.26. The van der Waals surface area contributed by atoms with Crippen molar-refractivity contribution in [3.63, 3.8) is 0 Å². The van der Waals surface area contributed by atoms with E-state index in [1.165, 1.54) is 11.1 Å². The molecule has 0 atom stereocenters. The first-order chi connectivity index (χ1) is 11.7. The Morgan fingerprint density at radius 3 is 2.46 bits per heavy atom. The second-order valence-corrected chi connectivity index (χ2v) is 5.72. The second-order valence-electron chi connectivity index (χ2n) is 5.72. The summed E-state index contributed by atoms with van der Waals surface area (Å²) in [5, 5.41) is 11.6. The van der Waals surface area contributed by atoms with Crippen molar-refractivity contribution in [3.05, 3.63) is 65.9 Å². The van der Waals surface area contributed by atoms with Crippen LogP contribution in [0.3, 0.4) is 0 Å². The van der Waals surface area contributed by atoms with Gasteiger partial charge in [0.15, 0.2) is 5.82 Å². The molecule has 0 aliphatic rings. The summed E-state index contributed by atoms with van der Waals surface area (Å²) in [6.07, 6.45) is 1.63. The van der Waals surface area contributed by atoms with Crippen molar-refractivity contribution in [2.24, 2.45) is 0 Å². The van der Waals surface area contributed by atoms with Gasteiger partial charge in [-0.05, 0) is 56.2 Å². The maximum absolute atomic E-state index is 4.62. The minimum Gasteiger partial charge on any atom is -0.339 e. The van der Waals surface area contributed by atoms with Crippen LogP contribution in [0.5, 0.6) is 0 Å². The van der Waals surface area contributed by atoms with E-state index in [4.69, 9.17) is 0 Å². The molecular weight excluding hydrogens is 298 g/mol. The minimum absolute atomic E-state index is 0.584. The predicted octanol–water partition coefficient (Wildman–Crippen LogP) is 4.39. The van der Waals surface area contributed by atoms with E-state index in [-0.39, 0.29) is 0 Å². The van der Waals surface area contributed by atoms with Gasteiger partial charge in [0, 0.05) is 17.9 Å². The first kappa shape index (κ1) is 15.9. The fourth-order valence-electron chi connectivity index (χ4n) is 2.57. The molecule has 3 aromatic rings. The Morgan fingerprint density at radius 2 is 1.75 bits per heavy atom. The van der Waals surface area contributed by atoms with Crippen LogP contribution in [0.1, 0.15) is 18.1 Å². The van der Waals surface area contributed by atoms with Crippen LogP contribution < -0.4 is 10.2 Å². The van der Waals surface area contributed by atoms with E-state index in [0.29, 0.717) is 11.8 Å². The predicted molar refractivity (Wildman–Crippen MR) is 98.1 cm³/mol. The molecule has 5 heteroatoms. The zero-order valence-electron chi connectivity index (χ0n) is 14.2. The van der Waals surface area contributed by atoms with E-state index >= 15 is 0 Å². The standard InChI is InChI=1S/C19H21N5/c1-4-24(17-10-6-8-15(3)12-17)19-22-18(13-20-23-19)21-16-9-5-7-14(2)11-16/h5-13H,4H2,1-3H3,(H,21,22,23). The summed E-state index contributed by atoms with van der Waals surface area (Å²) >= 11 is 0. The van der Waals surface area contributed by atoms with E-state index in [1.54, 1.807) is 6.20 Å². The summed E-state index contributed by atoms with van der Waals surface area (Å²) in [6, 6.07) is 16.4. The van der Waals surface area contributed by atoms with E-state index in [9.17, 15) is 0 Å². The molecule has 2 aromatic carbocycles. The molecule has 0 bridgehead atoms. The third-order valence-electron chi connectivity index (χ3n) is 3.71. The summed E-state index contributed by atoms with van der Waals surface area (Å²) in [5.41, 5.74) is 4.44. The van der Waals surface area contributed by atoms with Crippen LogP contribution in [0.4, 0.5) is 23.1 Å². The van der Waals surface area contributed by atoms with Crippen LogP contribution >= 0.6 is 0 Å². The molecule has 0 unspecified atom stereocenters. The smallest absolute Gasteiger partial charge is 0.251 e. The van der Waals surface area contributed by atoms with E-state index < -0.39 is 0 Å². The highest BCUT2D eigenvalue weighted by atomic mass is 15.3. The molecule has 0 saturated carbocycles. The third kappa shape index (κ3) is 3.68. The van der Waals surface area contributed by atoms with Gasteiger partial charge in [-0.15, -0.1) is 5.10 Å². The van der Waals surface area contributed by atoms with E-state index in [0.717, 1.165) is 17.9 Å². The topological polar surface area (TPSA) is 53.9 Å². The molecule has 1 heterocycles. The molecule has 0 fully saturated rings. The zero-order valence-corrected chi connectivity index (χ0v) is 14.2. The number of nitrogens with one attached hydrogen (secondary N) is 1. The van der Waals surface area contributed by atoms with Gasteiger partial charge in [0.05, 0.1) is 6.20 Å². The quantitative estimate of drug-likeness (QED) is 0.756. The number of benzene rings is 2. The van der Waals surface area contributed by atoms with Crippen LogP contribution in [-0.2, 0) is 0 Å². The molecule has 24 heavy (non-hydrogen) atoms. The normalized spacial score (nSPS) is 10.5. The summed E-state index contributed by atoms with van der Waals surface area (Å²) < 4.78 is 0.